The van der Waals surface area contributed by atoms with Gasteiger partial charge in [0.1, 0.15) is 17.6 Å². The fraction of sp³-hybridized carbons (Fsp3) is 0.154. The summed E-state index contributed by atoms with van der Waals surface area (Å²) in [6.45, 7) is 1.73. The van der Waals surface area contributed by atoms with Crippen LogP contribution in [-0.4, -0.2) is 13.1 Å². The number of hydrogen-bond acceptors (Lipinski definition) is 3. The molecule has 5 aliphatic rings. The van der Waals surface area contributed by atoms with Gasteiger partial charge < -0.3 is 9.64 Å². The summed E-state index contributed by atoms with van der Waals surface area (Å²) in [7, 11) is 0. The van der Waals surface area contributed by atoms with Crippen molar-refractivity contribution >= 4 is 23.4 Å². The van der Waals surface area contributed by atoms with Crippen LogP contribution in [0.25, 0.3) is 17.7 Å². The van der Waals surface area contributed by atoms with Gasteiger partial charge in [-0.15, -0.1) is 0 Å². The van der Waals surface area contributed by atoms with E-state index in [2.05, 4.69) is 76.5 Å². The molecule has 0 unspecified atom stereocenters. The van der Waals surface area contributed by atoms with Gasteiger partial charge in [0.05, 0.1) is 16.8 Å². The number of anilines is 1. The van der Waals surface area contributed by atoms with Crippen molar-refractivity contribution < 1.29 is 4.74 Å². The second kappa shape index (κ2) is 5.61. The molecule has 0 amide bonds. The first-order valence-corrected chi connectivity index (χ1v) is 10.4. The highest BCUT2D eigenvalue weighted by atomic mass is 16.5. The lowest BCUT2D eigenvalue weighted by Gasteiger charge is -2.33. The van der Waals surface area contributed by atoms with E-state index >= 15 is 0 Å². The maximum atomic E-state index is 10.2. The summed E-state index contributed by atoms with van der Waals surface area (Å²) in [6, 6.07) is 6.78. The van der Waals surface area contributed by atoms with Crippen molar-refractivity contribution in [2.45, 2.75) is 12.8 Å². The van der Waals surface area contributed by atoms with Crippen molar-refractivity contribution in [3.63, 3.8) is 0 Å². The number of hydrogen-bond donors (Lipinski definition) is 0. The Balaban J connectivity index is 1.62. The topological polar surface area (TPSA) is 39.3 Å². The molecule has 0 atom stereocenters. The van der Waals surface area contributed by atoms with Crippen molar-refractivity contribution in [2.75, 3.05) is 18.0 Å². The molecule has 30 heavy (non-hydrogen) atoms. The van der Waals surface area contributed by atoms with E-state index in [1.165, 1.54) is 22.2 Å². The highest BCUT2D eigenvalue weighted by molar-refractivity contribution is 5.91. The third kappa shape index (κ3) is 1.92. The van der Waals surface area contributed by atoms with E-state index in [4.69, 9.17) is 4.74 Å². The minimum absolute atomic E-state index is 0.713. The van der Waals surface area contributed by atoms with E-state index in [0.717, 1.165) is 59.3 Å². The van der Waals surface area contributed by atoms with E-state index in [1.54, 1.807) is 0 Å². The maximum Gasteiger partial charge on any atom is 0.220 e. The van der Waals surface area contributed by atoms with Crippen LogP contribution in [0.4, 0.5) is 5.69 Å². The predicted octanol–water partition coefficient (Wildman–Crippen LogP) is 3.01. The minimum Gasteiger partial charge on any atom is -0.455 e. The van der Waals surface area contributed by atoms with E-state index in [9.17, 15) is 5.26 Å². The highest BCUT2D eigenvalue weighted by Crippen LogP contribution is 2.46. The van der Waals surface area contributed by atoms with Crippen LogP contribution in [0.1, 0.15) is 27.8 Å². The monoisotopic (exact) mass is 388 g/mol. The van der Waals surface area contributed by atoms with Crippen LogP contribution >= 0.6 is 0 Å². The van der Waals surface area contributed by atoms with Crippen molar-refractivity contribution in [3.05, 3.63) is 87.2 Å². The summed E-state index contributed by atoms with van der Waals surface area (Å²) in [5, 5.41) is 12.4. The van der Waals surface area contributed by atoms with Gasteiger partial charge in [-0.3, -0.25) is 0 Å². The van der Waals surface area contributed by atoms with Gasteiger partial charge in [-0.25, -0.2) is 0 Å². The molecule has 0 saturated carbocycles. The average Bonchev–Trinajstić information content (AvgIpc) is 2.79. The molecule has 2 aromatic carbocycles. The first-order valence-electron chi connectivity index (χ1n) is 10.4. The smallest absolute Gasteiger partial charge is 0.220 e. The van der Waals surface area contributed by atoms with Crippen LogP contribution in [0.2, 0.25) is 0 Å². The largest absolute Gasteiger partial charge is 0.455 e. The van der Waals surface area contributed by atoms with E-state index in [1.807, 2.05) is 0 Å². The predicted molar refractivity (Wildman–Crippen MR) is 118 cm³/mol. The molecule has 0 spiro atoms. The number of rotatable bonds is 0. The van der Waals surface area contributed by atoms with Crippen LogP contribution in [0, 0.1) is 11.3 Å². The van der Waals surface area contributed by atoms with Crippen molar-refractivity contribution in [2.24, 2.45) is 0 Å². The van der Waals surface area contributed by atoms with Gasteiger partial charge in [-0.2, -0.15) is 9.84 Å². The SMILES string of the molecule is N#CC1=c2cc3c4c(c2Oc2c1cc1c5c2CC=CN5CC=C1)CC=C[N+]=4CC=C3. The van der Waals surface area contributed by atoms with E-state index < -0.39 is 0 Å². The minimum atomic E-state index is 0.713. The van der Waals surface area contributed by atoms with Crippen LogP contribution in [0.15, 0.2) is 48.8 Å². The molecule has 4 heteroatoms. The zero-order valence-corrected chi connectivity index (χ0v) is 16.4. The van der Waals surface area contributed by atoms with Crippen molar-refractivity contribution in [1.82, 2.24) is 4.58 Å². The Hall–Kier alpha value is -3.84. The molecule has 0 bridgehead atoms. The fourth-order valence-corrected chi connectivity index (χ4v) is 5.39. The Morgan fingerprint density at radius 1 is 0.967 bits per heavy atom. The number of benzene rings is 2. The number of allylic oxidation sites excluding steroid dienone is 2. The lowest BCUT2D eigenvalue weighted by Crippen LogP contribution is -2.38. The lowest BCUT2D eigenvalue weighted by atomic mass is 9.88. The second-order valence-electron chi connectivity index (χ2n) is 8.22. The van der Waals surface area contributed by atoms with Gasteiger partial charge in [-0.05, 0) is 42.3 Å². The Kier molecular flexibility index (Phi) is 2.99. The summed E-state index contributed by atoms with van der Waals surface area (Å²) in [5.74, 6) is 1.71. The molecule has 0 N–H and O–H groups in total. The Morgan fingerprint density at radius 2 is 1.87 bits per heavy atom. The molecule has 0 saturated heterocycles. The van der Waals surface area contributed by atoms with Gasteiger partial charge in [0.2, 0.25) is 5.36 Å². The molecule has 0 aromatic heterocycles. The van der Waals surface area contributed by atoms with Gasteiger partial charge in [0.15, 0.2) is 12.7 Å². The molecule has 4 nitrogen and oxygen atoms in total. The van der Waals surface area contributed by atoms with Crippen LogP contribution < -0.4 is 24.8 Å². The molecule has 0 radical (unpaired) electrons. The van der Waals surface area contributed by atoms with Gasteiger partial charge in [-0.1, -0.05) is 18.2 Å². The average molecular weight is 388 g/mol. The molecule has 7 rings (SSSR count). The van der Waals surface area contributed by atoms with E-state index in [-0.39, 0.29) is 0 Å². The highest BCUT2D eigenvalue weighted by Gasteiger charge is 2.32. The van der Waals surface area contributed by atoms with Crippen LogP contribution in [-0.2, 0) is 12.8 Å². The molecule has 5 aliphatic heterocycles. The van der Waals surface area contributed by atoms with Gasteiger partial charge >= 0.3 is 0 Å². The maximum absolute atomic E-state index is 10.2. The summed E-state index contributed by atoms with van der Waals surface area (Å²) in [6.07, 6.45) is 19.0. The number of nitrogens with zero attached hydrogens (tertiary/aromatic N) is 3. The summed E-state index contributed by atoms with van der Waals surface area (Å²) in [4.78, 5) is 2.27. The van der Waals surface area contributed by atoms with Crippen molar-refractivity contribution in [1.29, 1.82) is 5.26 Å². The molecular weight excluding hydrogens is 370 g/mol. The molecule has 0 fully saturated rings. The number of ether oxygens (including phenoxy) is 1. The second-order valence-corrected chi connectivity index (χ2v) is 8.22. The first-order chi connectivity index (χ1) is 14.8. The quantitative estimate of drug-likeness (QED) is 0.652. The Labute approximate surface area is 173 Å². The molecular formula is C26H18N3O+. The summed E-state index contributed by atoms with van der Waals surface area (Å²) < 4.78 is 8.98. The third-order valence-electron chi connectivity index (χ3n) is 6.60. The molecule has 2 aromatic rings. The standard InChI is InChI=1S/C26H18N3O/c27-15-22-20-13-16-5-1-9-28-11-3-7-18(23(16)28)25(20)30-26-19-8-4-12-29-10-2-6-17(24(19)29)14-21(22)26/h1-6,11-14H,7-10H2/q+1. The summed E-state index contributed by atoms with van der Waals surface area (Å²) >= 11 is 0. The van der Waals surface area contributed by atoms with E-state index in [0.29, 0.717) is 5.57 Å². The van der Waals surface area contributed by atoms with Crippen molar-refractivity contribution in [3.8, 4) is 17.6 Å². The Bertz CT molecular complexity index is 1480. The van der Waals surface area contributed by atoms with Crippen LogP contribution in [0.5, 0.6) is 11.5 Å². The lowest BCUT2D eigenvalue weighted by molar-refractivity contribution is 0.459. The molecule has 5 heterocycles. The number of nitriles is 1. The zero-order chi connectivity index (χ0) is 19.8. The summed E-state index contributed by atoms with van der Waals surface area (Å²) in [5.41, 5.74) is 7.53. The zero-order valence-electron chi connectivity index (χ0n) is 16.4. The first kappa shape index (κ1) is 16.0. The normalized spacial score (nSPS) is 18.3. The molecule has 142 valence electrons. The Morgan fingerprint density at radius 3 is 2.80 bits per heavy atom. The van der Waals surface area contributed by atoms with Crippen LogP contribution in [0.3, 0.4) is 0 Å². The number of fused-ring (bicyclic) bond motifs is 4. The van der Waals surface area contributed by atoms with Gasteiger partial charge in [0.25, 0.3) is 0 Å². The third-order valence-corrected chi connectivity index (χ3v) is 6.60. The van der Waals surface area contributed by atoms with Gasteiger partial charge in [0, 0.05) is 41.1 Å². The fourth-order valence-electron chi connectivity index (χ4n) is 5.39. The molecule has 0 aliphatic carbocycles.